The van der Waals surface area contributed by atoms with E-state index in [4.69, 9.17) is 4.52 Å². The molecule has 4 heterocycles. The van der Waals surface area contributed by atoms with E-state index in [2.05, 4.69) is 10.5 Å². The van der Waals surface area contributed by atoms with Gasteiger partial charge in [0.15, 0.2) is 0 Å². The van der Waals surface area contributed by atoms with Gasteiger partial charge in [0, 0.05) is 43.7 Å². The number of pyridine rings is 1. The van der Waals surface area contributed by atoms with E-state index in [9.17, 15) is 19.2 Å². The monoisotopic (exact) mass is 400 g/mol. The van der Waals surface area contributed by atoms with E-state index >= 15 is 0 Å². The van der Waals surface area contributed by atoms with Crippen LogP contribution in [0.15, 0.2) is 38.4 Å². The largest absolute Gasteiger partial charge is 0.373 e. The third-order valence-electron chi connectivity index (χ3n) is 5.81. The molecule has 1 fully saturated rings. The minimum Gasteiger partial charge on any atom is -0.373 e. The van der Waals surface area contributed by atoms with Crippen molar-refractivity contribution in [2.45, 2.75) is 38.1 Å². The second-order valence-electron chi connectivity index (χ2n) is 7.76. The Balaban J connectivity index is 1.63. The normalized spacial score (nSPS) is 22.8. The second-order valence-corrected chi connectivity index (χ2v) is 7.76. The van der Waals surface area contributed by atoms with Crippen LogP contribution in [0, 0.1) is 5.92 Å². The average molecular weight is 400 g/mol. The molecule has 0 aromatic carbocycles. The van der Waals surface area contributed by atoms with Gasteiger partial charge >= 0.3 is 0 Å². The Morgan fingerprint density at radius 2 is 2.10 bits per heavy atom. The third-order valence-corrected chi connectivity index (χ3v) is 5.81. The zero-order valence-corrected chi connectivity index (χ0v) is 16.2. The Hall–Kier alpha value is -3.10. The highest BCUT2D eigenvalue weighted by Gasteiger charge is 2.42. The van der Waals surface area contributed by atoms with Crippen molar-refractivity contribution in [2.75, 3.05) is 19.6 Å². The van der Waals surface area contributed by atoms with Crippen molar-refractivity contribution in [1.82, 2.24) is 19.9 Å². The van der Waals surface area contributed by atoms with Gasteiger partial charge in [0.25, 0.3) is 17.0 Å². The molecule has 2 aliphatic rings. The molecule has 0 aliphatic carbocycles. The highest BCUT2D eigenvalue weighted by atomic mass is 16.5. The molecule has 4 rings (SSSR count). The molecular formula is C20H24N4O5. The highest BCUT2D eigenvalue weighted by Crippen LogP contribution is 2.41. The lowest BCUT2D eigenvalue weighted by atomic mass is 9.78. The number of H-pyrrole nitrogens is 1. The molecule has 2 bridgehead atoms. The lowest BCUT2D eigenvalue weighted by molar-refractivity contribution is -0.121. The smallest absolute Gasteiger partial charge is 0.292 e. The number of hydrogen-bond acceptors (Lipinski definition) is 5. The maximum Gasteiger partial charge on any atom is 0.292 e. The van der Waals surface area contributed by atoms with Crippen LogP contribution >= 0.6 is 0 Å². The summed E-state index contributed by atoms with van der Waals surface area (Å²) in [5.74, 6) is -0.387. The van der Waals surface area contributed by atoms with Gasteiger partial charge in [-0.3, -0.25) is 19.2 Å². The SMILES string of the molecule is CCCC(=O)NC[C@H]1[C@H]2C[C@H](CN(C(=O)c3cc(=O)[nH]o3)C2)c2cccc(=O)n21. The van der Waals surface area contributed by atoms with Crippen molar-refractivity contribution in [3.8, 4) is 0 Å². The molecule has 2 aromatic rings. The summed E-state index contributed by atoms with van der Waals surface area (Å²) in [7, 11) is 0. The van der Waals surface area contributed by atoms with Crippen LogP contribution in [0.5, 0.6) is 0 Å². The zero-order chi connectivity index (χ0) is 20.5. The predicted molar refractivity (Wildman–Crippen MR) is 104 cm³/mol. The minimum atomic E-state index is -0.459. The van der Waals surface area contributed by atoms with Gasteiger partial charge in [0.2, 0.25) is 11.7 Å². The minimum absolute atomic E-state index is 0.0119. The number of aromatic nitrogens is 2. The van der Waals surface area contributed by atoms with E-state index in [1.54, 1.807) is 15.5 Å². The number of likely N-dealkylation sites (tertiary alicyclic amines) is 1. The van der Waals surface area contributed by atoms with Gasteiger partial charge in [0.05, 0.1) is 12.1 Å². The summed E-state index contributed by atoms with van der Waals surface area (Å²) >= 11 is 0. The summed E-state index contributed by atoms with van der Waals surface area (Å²) in [6.45, 7) is 3.16. The number of fused-ring (bicyclic) bond motifs is 4. The molecule has 154 valence electrons. The molecule has 0 unspecified atom stereocenters. The van der Waals surface area contributed by atoms with Crippen LogP contribution in [0.4, 0.5) is 0 Å². The van der Waals surface area contributed by atoms with Crippen molar-refractivity contribution in [1.29, 1.82) is 0 Å². The van der Waals surface area contributed by atoms with Gasteiger partial charge in [0.1, 0.15) is 0 Å². The molecule has 9 heteroatoms. The van der Waals surface area contributed by atoms with E-state index < -0.39 is 5.56 Å². The molecule has 9 nitrogen and oxygen atoms in total. The van der Waals surface area contributed by atoms with E-state index in [1.165, 1.54) is 6.07 Å². The summed E-state index contributed by atoms with van der Waals surface area (Å²) in [6, 6.07) is 6.08. The Morgan fingerprint density at radius 1 is 1.28 bits per heavy atom. The van der Waals surface area contributed by atoms with Crippen molar-refractivity contribution >= 4 is 11.8 Å². The first kappa shape index (κ1) is 19.2. The molecule has 0 saturated carbocycles. The van der Waals surface area contributed by atoms with E-state index in [-0.39, 0.29) is 41.0 Å². The number of amides is 2. The Morgan fingerprint density at radius 3 is 2.83 bits per heavy atom. The summed E-state index contributed by atoms with van der Waals surface area (Å²) < 4.78 is 6.76. The van der Waals surface area contributed by atoms with E-state index in [1.807, 2.05) is 13.0 Å². The Labute approximate surface area is 166 Å². The first-order valence-corrected chi connectivity index (χ1v) is 9.94. The number of piperidine rings is 1. The Bertz CT molecular complexity index is 1040. The van der Waals surface area contributed by atoms with Crippen molar-refractivity contribution in [2.24, 2.45) is 5.92 Å². The zero-order valence-electron chi connectivity index (χ0n) is 16.2. The second kappa shape index (κ2) is 7.73. The topological polar surface area (TPSA) is 117 Å². The van der Waals surface area contributed by atoms with Crippen molar-refractivity contribution in [3.05, 3.63) is 56.4 Å². The van der Waals surface area contributed by atoms with Crippen molar-refractivity contribution in [3.63, 3.8) is 0 Å². The summed E-state index contributed by atoms with van der Waals surface area (Å²) in [5, 5.41) is 5.08. The van der Waals surface area contributed by atoms with Crippen molar-refractivity contribution < 1.29 is 14.1 Å². The molecule has 2 amide bonds. The molecule has 2 aliphatic heterocycles. The van der Waals surface area contributed by atoms with Gasteiger partial charge in [-0.15, -0.1) is 0 Å². The van der Waals surface area contributed by atoms with Gasteiger partial charge in [-0.1, -0.05) is 13.0 Å². The maximum atomic E-state index is 12.8. The Kier molecular flexibility index (Phi) is 5.12. The lowest BCUT2D eigenvalue weighted by Crippen LogP contribution is -2.53. The first-order chi connectivity index (χ1) is 14.0. The van der Waals surface area contributed by atoms with Crippen LogP contribution in [-0.2, 0) is 4.79 Å². The molecule has 3 atom stereocenters. The van der Waals surface area contributed by atoms with Gasteiger partial charge < -0.3 is 19.3 Å². The fourth-order valence-corrected chi connectivity index (χ4v) is 4.55. The number of hydrogen-bond donors (Lipinski definition) is 2. The number of nitrogens with one attached hydrogen (secondary N) is 2. The standard InChI is InChI=1S/C20H24N4O5/c1-2-4-17(25)21-9-15-13-7-12(14-5-3-6-19(27)24(14)15)10-23(11-13)20(28)16-8-18(26)22-29-16/h3,5-6,8,12-13,15H,2,4,7,9-11H2,1H3,(H,21,25)(H,22,26)/t12-,13+,15+/m1/s1. The molecule has 0 radical (unpaired) electrons. The van der Waals surface area contributed by atoms with Crippen LogP contribution in [0.3, 0.4) is 0 Å². The van der Waals surface area contributed by atoms with Crippen LogP contribution in [-0.4, -0.2) is 46.1 Å². The average Bonchev–Trinajstić information content (AvgIpc) is 3.14. The molecule has 29 heavy (non-hydrogen) atoms. The highest BCUT2D eigenvalue weighted by molar-refractivity contribution is 5.91. The van der Waals surface area contributed by atoms with E-state index in [0.29, 0.717) is 26.1 Å². The molecule has 1 saturated heterocycles. The van der Waals surface area contributed by atoms with Crippen LogP contribution in [0.1, 0.15) is 54.4 Å². The predicted octanol–water partition coefficient (Wildman–Crippen LogP) is 0.846. The quantitative estimate of drug-likeness (QED) is 0.771. The fourth-order valence-electron chi connectivity index (χ4n) is 4.55. The van der Waals surface area contributed by atoms with Gasteiger partial charge in [-0.05, 0) is 24.8 Å². The van der Waals surface area contributed by atoms with Gasteiger partial charge in [-0.25, -0.2) is 0 Å². The third kappa shape index (κ3) is 3.64. The number of rotatable bonds is 5. The molecular weight excluding hydrogens is 376 g/mol. The van der Waals surface area contributed by atoms with Crippen LogP contribution < -0.4 is 16.4 Å². The number of aromatic amines is 1. The number of nitrogens with zero attached hydrogens (tertiary/aromatic N) is 2. The fraction of sp³-hybridized carbons (Fsp3) is 0.500. The van der Waals surface area contributed by atoms with Crippen LogP contribution in [0.2, 0.25) is 0 Å². The summed E-state index contributed by atoms with van der Waals surface area (Å²) in [5.41, 5.74) is 0.318. The van der Waals surface area contributed by atoms with Crippen LogP contribution in [0.25, 0.3) is 0 Å². The lowest BCUT2D eigenvalue weighted by Gasteiger charge is -2.46. The first-order valence-electron chi connectivity index (χ1n) is 9.94. The summed E-state index contributed by atoms with van der Waals surface area (Å²) in [6.07, 6.45) is 2.02. The molecule has 0 spiro atoms. The number of carbonyl (C=O) groups excluding carboxylic acids is 2. The summed E-state index contributed by atoms with van der Waals surface area (Å²) in [4.78, 5) is 50.5. The molecule has 2 N–H and O–H groups in total. The number of carbonyl (C=O) groups is 2. The van der Waals surface area contributed by atoms with Gasteiger partial charge in [-0.2, -0.15) is 5.16 Å². The molecule has 2 aromatic heterocycles. The van der Waals surface area contributed by atoms with E-state index in [0.717, 1.165) is 24.6 Å². The maximum absolute atomic E-state index is 12.8.